The minimum atomic E-state index is 0.259. The van der Waals surface area contributed by atoms with E-state index >= 15 is 0 Å². The lowest BCUT2D eigenvalue weighted by atomic mass is 10.0. The first-order chi connectivity index (χ1) is 6.72. The Morgan fingerprint density at radius 3 is 2.93 bits per heavy atom. The van der Waals surface area contributed by atoms with E-state index < -0.39 is 0 Å². The Hall–Kier alpha value is -1.08. The smallest absolute Gasteiger partial charge is 0.00822 e. The lowest BCUT2D eigenvalue weighted by molar-refractivity contribution is 0.618. The van der Waals surface area contributed by atoms with Gasteiger partial charge < -0.3 is 5.73 Å². The van der Waals surface area contributed by atoms with Crippen molar-refractivity contribution in [3.8, 4) is 0 Å². The number of hydrogen-bond donors (Lipinski definition) is 1. The van der Waals surface area contributed by atoms with E-state index in [4.69, 9.17) is 5.73 Å². The predicted molar refractivity (Wildman–Crippen MR) is 62.3 cm³/mol. The molecule has 0 radical (unpaired) electrons. The van der Waals surface area contributed by atoms with Gasteiger partial charge in [-0.05, 0) is 31.7 Å². The average molecular weight is 189 g/mol. The zero-order valence-corrected chi connectivity index (χ0v) is 8.87. The van der Waals surface area contributed by atoms with Gasteiger partial charge in [-0.2, -0.15) is 0 Å². The van der Waals surface area contributed by atoms with Crippen LogP contribution in [-0.4, -0.2) is 6.04 Å². The summed E-state index contributed by atoms with van der Waals surface area (Å²) in [6.45, 7) is 5.81. The Kier molecular flexibility index (Phi) is 4.41. The highest BCUT2D eigenvalue weighted by Gasteiger charge is 2.02. The van der Waals surface area contributed by atoms with Crippen LogP contribution in [0.1, 0.15) is 24.0 Å². The quantitative estimate of drug-likeness (QED) is 0.708. The fourth-order valence-electron chi connectivity index (χ4n) is 1.58. The first-order valence-corrected chi connectivity index (χ1v) is 5.14. The van der Waals surface area contributed by atoms with Gasteiger partial charge in [-0.3, -0.25) is 0 Å². The van der Waals surface area contributed by atoms with Gasteiger partial charge in [-0.25, -0.2) is 0 Å². The van der Waals surface area contributed by atoms with Gasteiger partial charge in [0.15, 0.2) is 0 Å². The lowest BCUT2D eigenvalue weighted by Gasteiger charge is -2.10. The number of aryl methyl sites for hydroxylation is 1. The summed E-state index contributed by atoms with van der Waals surface area (Å²) in [7, 11) is 0. The number of nitrogens with two attached hydrogens (primary N) is 1. The van der Waals surface area contributed by atoms with Gasteiger partial charge in [0.05, 0.1) is 0 Å². The zero-order chi connectivity index (χ0) is 10.4. The van der Waals surface area contributed by atoms with Crippen LogP contribution in [0.25, 0.3) is 0 Å². The molecule has 1 aromatic rings. The van der Waals surface area contributed by atoms with Gasteiger partial charge in [0.2, 0.25) is 0 Å². The fraction of sp³-hybridized carbons (Fsp3) is 0.385. The van der Waals surface area contributed by atoms with Crippen molar-refractivity contribution in [1.29, 1.82) is 0 Å². The maximum absolute atomic E-state index is 5.99. The van der Waals surface area contributed by atoms with E-state index in [1.165, 1.54) is 11.1 Å². The highest BCUT2D eigenvalue weighted by molar-refractivity contribution is 5.22. The van der Waals surface area contributed by atoms with E-state index in [2.05, 4.69) is 37.8 Å². The number of allylic oxidation sites excluding steroid dienone is 1. The molecule has 0 bridgehead atoms. The minimum Gasteiger partial charge on any atom is -0.327 e. The third-order valence-corrected chi connectivity index (χ3v) is 2.32. The molecule has 0 fully saturated rings. The Morgan fingerprint density at radius 1 is 1.50 bits per heavy atom. The van der Waals surface area contributed by atoms with E-state index in [1.807, 2.05) is 6.08 Å². The molecular formula is C13H19N. The fourth-order valence-corrected chi connectivity index (χ4v) is 1.58. The van der Waals surface area contributed by atoms with E-state index in [1.54, 1.807) is 0 Å². The van der Waals surface area contributed by atoms with Crippen molar-refractivity contribution in [2.24, 2.45) is 5.73 Å². The first kappa shape index (κ1) is 11.0. The number of rotatable bonds is 5. The maximum atomic E-state index is 5.99. The largest absolute Gasteiger partial charge is 0.327 e. The van der Waals surface area contributed by atoms with Crippen molar-refractivity contribution in [3.63, 3.8) is 0 Å². The van der Waals surface area contributed by atoms with Crippen LogP contribution in [0, 0.1) is 6.92 Å². The van der Waals surface area contributed by atoms with Crippen molar-refractivity contribution in [2.75, 3.05) is 0 Å². The summed E-state index contributed by atoms with van der Waals surface area (Å²) in [6, 6.07) is 8.80. The second-order valence-electron chi connectivity index (χ2n) is 3.82. The summed E-state index contributed by atoms with van der Waals surface area (Å²) in [5.41, 5.74) is 8.63. The lowest BCUT2D eigenvalue weighted by Crippen LogP contribution is -2.22. The molecule has 0 saturated carbocycles. The topological polar surface area (TPSA) is 26.0 Å². The van der Waals surface area contributed by atoms with Crippen LogP contribution >= 0.6 is 0 Å². The van der Waals surface area contributed by atoms with Crippen LogP contribution in [0.4, 0.5) is 0 Å². The summed E-state index contributed by atoms with van der Waals surface area (Å²) in [5.74, 6) is 0. The summed E-state index contributed by atoms with van der Waals surface area (Å²) in [6.07, 6.45) is 4.93. The minimum absolute atomic E-state index is 0.259. The molecule has 0 aromatic heterocycles. The van der Waals surface area contributed by atoms with Gasteiger partial charge in [-0.1, -0.05) is 35.9 Å². The van der Waals surface area contributed by atoms with Crippen molar-refractivity contribution in [1.82, 2.24) is 0 Å². The van der Waals surface area contributed by atoms with Crippen LogP contribution in [0.3, 0.4) is 0 Å². The Balaban J connectivity index is 2.47. The molecule has 1 atom stereocenters. The summed E-state index contributed by atoms with van der Waals surface area (Å²) >= 11 is 0. The van der Waals surface area contributed by atoms with Crippen LogP contribution in [0.2, 0.25) is 0 Å². The van der Waals surface area contributed by atoms with Crippen molar-refractivity contribution in [3.05, 3.63) is 48.0 Å². The highest BCUT2D eigenvalue weighted by atomic mass is 14.6. The van der Waals surface area contributed by atoms with Crippen molar-refractivity contribution >= 4 is 0 Å². The molecule has 0 aliphatic carbocycles. The molecule has 0 heterocycles. The maximum Gasteiger partial charge on any atom is 0.00822 e. The van der Waals surface area contributed by atoms with Crippen LogP contribution < -0.4 is 5.73 Å². The molecule has 1 unspecified atom stereocenters. The van der Waals surface area contributed by atoms with Gasteiger partial charge in [0, 0.05) is 6.04 Å². The second-order valence-corrected chi connectivity index (χ2v) is 3.82. The molecule has 0 amide bonds. The molecule has 1 rings (SSSR count). The molecule has 14 heavy (non-hydrogen) atoms. The van der Waals surface area contributed by atoms with Crippen molar-refractivity contribution < 1.29 is 0 Å². The van der Waals surface area contributed by atoms with Crippen molar-refractivity contribution in [2.45, 2.75) is 32.2 Å². The van der Waals surface area contributed by atoms with Gasteiger partial charge in [0.1, 0.15) is 0 Å². The van der Waals surface area contributed by atoms with Crippen LogP contribution in [0.15, 0.2) is 36.9 Å². The molecule has 0 spiro atoms. The third kappa shape index (κ3) is 3.75. The van der Waals surface area contributed by atoms with E-state index in [0.29, 0.717) is 0 Å². The Bertz CT molecular complexity index is 291. The molecule has 76 valence electrons. The summed E-state index contributed by atoms with van der Waals surface area (Å²) < 4.78 is 0. The third-order valence-electron chi connectivity index (χ3n) is 2.32. The molecule has 1 nitrogen and oxygen atoms in total. The van der Waals surface area contributed by atoms with E-state index in [-0.39, 0.29) is 6.04 Å². The average Bonchev–Trinajstić information content (AvgIpc) is 2.15. The molecule has 1 heteroatoms. The second kappa shape index (κ2) is 5.61. The Morgan fingerprint density at radius 2 is 2.29 bits per heavy atom. The molecule has 0 saturated heterocycles. The molecular weight excluding hydrogens is 170 g/mol. The predicted octanol–water partition coefficient (Wildman–Crippen LogP) is 2.83. The van der Waals surface area contributed by atoms with Crippen LogP contribution in [-0.2, 0) is 6.42 Å². The standard InChI is InChI=1S/C13H19N/c1-3-4-8-13(14)10-12-7-5-6-11(2)9-12/h3,5-7,9,13H,1,4,8,10,14H2,2H3. The first-order valence-electron chi connectivity index (χ1n) is 5.14. The normalized spacial score (nSPS) is 12.4. The Labute approximate surface area is 86.6 Å². The summed E-state index contributed by atoms with van der Waals surface area (Å²) in [4.78, 5) is 0. The molecule has 0 aliphatic rings. The molecule has 0 aliphatic heterocycles. The summed E-state index contributed by atoms with van der Waals surface area (Å²) in [5, 5.41) is 0. The highest BCUT2D eigenvalue weighted by Crippen LogP contribution is 2.08. The molecule has 1 aromatic carbocycles. The SMILES string of the molecule is C=CCCC(N)Cc1cccc(C)c1. The van der Waals surface area contributed by atoms with Gasteiger partial charge >= 0.3 is 0 Å². The van der Waals surface area contributed by atoms with Gasteiger partial charge in [-0.15, -0.1) is 6.58 Å². The number of benzene rings is 1. The monoisotopic (exact) mass is 189 g/mol. The number of hydrogen-bond acceptors (Lipinski definition) is 1. The van der Waals surface area contributed by atoms with Crippen LogP contribution in [0.5, 0.6) is 0 Å². The van der Waals surface area contributed by atoms with Gasteiger partial charge in [0.25, 0.3) is 0 Å². The van der Waals surface area contributed by atoms with E-state index in [9.17, 15) is 0 Å². The van der Waals surface area contributed by atoms with E-state index in [0.717, 1.165) is 19.3 Å². The zero-order valence-electron chi connectivity index (χ0n) is 8.87. The molecule has 2 N–H and O–H groups in total.